The Labute approximate surface area is 146 Å². The quantitative estimate of drug-likeness (QED) is 0.923. The van der Waals surface area contributed by atoms with Crippen molar-refractivity contribution in [2.24, 2.45) is 10.7 Å². The maximum absolute atomic E-state index is 12.3. The molecule has 2 aromatic rings. The molecule has 0 saturated carbocycles. The molecule has 1 aliphatic heterocycles. The maximum Gasteiger partial charge on any atom is 0.231 e. The lowest BCUT2D eigenvalue weighted by molar-refractivity contribution is -0.128. The molecule has 4 nitrogen and oxygen atoms in total. The molecule has 0 aliphatic carbocycles. The van der Waals surface area contributed by atoms with Gasteiger partial charge in [-0.3, -0.25) is 9.69 Å². The van der Waals surface area contributed by atoms with E-state index < -0.39 is 5.54 Å². The summed E-state index contributed by atoms with van der Waals surface area (Å²) in [5, 5.41) is 0.694. The summed E-state index contributed by atoms with van der Waals surface area (Å²) < 4.78 is 0. The number of guanidine groups is 1. The molecule has 2 N–H and O–H groups in total. The van der Waals surface area contributed by atoms with Crippen molar-refractivity contribution >= 4 is 23.5 Å². The van der Waals surface area contributed by atoms with Crippen molar-refractivity contribution in [2.75, 3.05) is 7.05 Å². The van der Waals surface area contributed by atoms with Crippen LogP contribution in [-0.4, -0.2) is 23.8 Å². The number of carbonyl (C=O) groups excluding carboxylic acids is 1. The summed E-state index contributed by atoms with van der Waals surface area (Å²) in [5.74, 6) is 0.249. The summed E-state index contributed by atoms with van der Waals surface area (Å²) in [6.45, 7) is 2.03. The average molecular weight is 342 g/mol. The second-order valence-corrected chi connectivity index (χ2v) is 6.51. The molecule has 1 aliphatic rings. The fourth-order valence-electron chi connectivity index (χ4n) is 3.06. The van der Waals surface area contributed by atoms with Gasteiger partial charge in [0.25, 0.3) is 0 Å². The van der Waals surface area contributed by atoms with Crippen LogP contribution >= 0.6 is 11.6 Å². The molecule has 3 rings (SSSR count). The lowest BCUT2D eigenvalue weighted by Crippen LogP contribution is -2.48. The highest BCUT2D eigenvalue weighted by Gasteiger charge is 2.38. The van der Waals surface area contributed by atoms with Gasteiger partial charge in [0, 0.05) is 12.1 Å². The van der Waals surface area contributed by atoms with Crippen LogP contribution in [0.3, 0.4) is 0 Å². The minimum atomic E-state index is -0.609. The van der Waals surface area contributed by atoms with Crippen LogP contribution in [0.4, 0.5) is 0 Å². The number of nitrogens with two attached hydrogens (primary N) is 1. The number of benzene rings is 2. The third-order valence-corrected chi connectivity index (χ3v) is 4.87. The van der Waals surface area contributed by atoms with E-state index in [-0.39, 0.29) is 11.9 Å². The highest BCUT2D eigenvalue weighted by atomic mass is 35.5. The highest BCUT2D eigenvalue weighted by molar-refractivity contribution is 6.30. The van der Waals surface area contributed by atoms with Gasteiger partial charge in [-0.25, -0.2) is 4.99 Å². The minimum Gasteiger partial charge on any atom is -0.369 e. The van der Waals surface area contributed by atoms with Crippen LogP contribution in [0.5, 0.6) is 0 Å². The molecule has 0 unspecified atom stereocenters. The summed E-state index contributed by atoms with van der Waals surface area (Å²) in [4.78, 5) is 18.4. The first-order chi connectivity index (χ1) is 11.4. The Morgan fingerprint density at radius 3 is 2.50 bits per heavy atom. The molecule has 2 aromatic carbocycles. The summed E-state index contributed by atoms with van der Waals surface area (Å²) in [5.41, 5.74) is 8.43. The molecule has 0 saturated heterocycles. The number of carbonyl (C=O) groups is 1. The van der Waals surface area contributed by atoms with E-state index in [1.807, 2.05) is 49.4 Å². The van der Waals surface area contributed by atoms with E-state index in [1.165, 1.54) is 4.90 Å². The molecule has 1 amide bonds. The fourth-order valence-corrected chi connectivity index (χ4v) is 3.25. The second-order valence-electron chi connectivity index (χ2n) is 6.08. The second kappa shape index (κ2) is 6.29. The first-order valence-corrected chi connectivity index (χ1v) is 8.31. The number of halogens is 1. The van der Waals surface area contributed by atoms with Crippen molar-refractivity contribution in [2.45, 2.75) is 25.3 Å². The van der Waals surface area contributed by atoms with Gasteiger partial charge in [0.1, 0.15) is 0 Å². The Morgan fingerprint density at radius 1 is 1.21 bits per heavy atom. The summed E-state index contributed by atoms with van der Waals surface area (Å²) >= 11 is 6.10. The van der Waals surface area contributed by atoms with Gasteiger partial charge in [0.15, 0.2) is 5.96 Å². The van der Waals surface area contributed by atoms with E-state index in [2.05, 4.69) is 11.1 Å². The maximum atomic E-state index is 12.3. The Hall–Kier alpha value is -2.33. The van der Waals surface area contributed by atoms with Crippen LogP contribution in [0.15, 0.2) is 53.5 Å². The number of rotatable bonds is 3. The number of amides is 1. The number of hydrogen-bond donors (Lipinski definition) is 1. The molecule has 124 valence electrons. The van der Waals surface area contributed by atoms with E-state index in [1.54, 1.807) is 7.05 Å². The minimum absolute atomic E-state index is 0.0162. The van der Waals surface area contributed by atoms with Gasteiger partial charge in [-0.2, -0.15) is 0 Å². The zero-order chi connectivity index (χ0) is 17.3. The van der Waals surface area contributed by atoms with Crippen molar-refractivity contribution < 1.29 is 4.79 Å². The van der Waals surface area contributed by atoms with Gasteiger partial charge in [-0.1, -0.05) is 48.9 Å². The van der Waals surface area contributed by atoms with Gasteiger partial charge in [0.05, 0.1) is 12.0 Å². The third-order valence-electron chi connectivity index (χ3n) is 4.63. The first-order valence-electron chi connectivity index (χ1n) is 7.93. The van der Waals surface area contributed by atoms with Gasteiger partial charge in [-0.15, -0.1) is 0 Å². The third kappa shape index (κ3) is 2.89. The molecule has 0 spiro atoms. The Kier molecular flexibility index (Phi) is 4.33. The zero-order valence-electron chi connectivity index (χ0n) is 13.8. The van der Waals surface area contributed by atoms with Crippen LogP contribution in [0.2, 0.25) is 5.02 Å². The standard InChI is InChI=1S/C19H20ClN3O/c1-3-19(12-17(24)23(2)18(21)22-19)15-8-4-6-13(10-15)14-7-5-9-16(20)11-14/h4-11H,3,12H2,1-2H3,(H2,21,22)/t19-/m0/s1. The van der Waals surface area contributed by atoms with Crippen LogP contribution < -0.4 is 5.73 Å². The largest absolute Gasteiger partial charge is 0.369 e. The Balaban J connectivity index is 2.09. The van der Waals surface area contributed by atoms with E-state index in [0.29, 0.717) is 17.9 Å². The van der Waals surface area contributed by atoms with Crippen molar-refractivity contribution in [1.29, 1.82) is 0 Å². The predicted molar refractivity (Wildman–Crippen MR) is 97.9 cm³/mol. The Bertz CT molecular complexity index is 818. The van der Waals surface area contributed by atoms with Crippen LogP contribution in [-0.2, 0) is 10.3 Å². The van der Waals surface area contributed by atoms with Gasteiger partial charge < -0.3 is 5.73 Å². The molecule has 1 heterocycles. The summed E-state index contributed by atoms with van der Waals surface area (Å²) in [6, 6.07) is 15.8. The fraction of sp³-hybridized carbons (Fsp3) is 0.263. The molecule has 1 atom stereocenters. The van der Waals surface area contributed by atoms with Crippen molar-refractivity contribution in [3.8, 4) is 11.1 Å². The van der Waals surface area contributed by atoms with Crippen LogP contribution in [0.1, 0.15) is 25.3 Å². The van der Waals surface area contributed by atoms with E-state index >= 15 is 0 Å². The topological polar surface area (TPSA) is 58.7 Å². The van der Waals surface area contributed by atoms with Gasteiger partial charge in [0.2, 0.25) is 5.91 Å². The molecule has 0 fully saturated rings. The highest BCUT2D eigenvalue weighted by Crippen LogP contribution is 2.38. The first kappa shape index (κ1) is 16.5. The molecule has 0 radical (unpaired) electrons. The normalized spacial score (nSPS) is 20.9. The molecule has 5 heteroatoms. The number of aliphatic imine (C=N–C) groups is 1. The number of hydrogen-bond acceptors (Lipinski definition) is 3. The van der Waals surface area contributed by atoms with E-state index in [0.717, 1.165) is 16.7 Å². The average Bonchev–Trinajstić information content (AvgIpc) is 2.59. The smallest absolute Gasteiger partial charge is 0.231 e. The lowest BCUT2D eigenvalue weighted by atomic mass is 9.82. The summed E-state index contributed by atoms with van der Waals surface area (Å²) in [6.07, 6.45) is 1.02. The zero-order valence-corrected chi connectivity index (χ0v) is 14.5. The van der Waals surface area contributed by atoms with Gasteiger partial charge in [-0.05, 0) is 41.3 Å². The molecule has 0 bridgehead atoms. The van der Waals surface area contributed by atoms with Crippen LogP contribution in [0.25, 0.3) is 11.1 Å². The molecular weight excluding hydrogens is 322 g/mol. The lowest BCUT2D eigenvalue weighted by Gasteiger charge is -2.36. The van der Waals surface area contributed by atoms with Gasteiger partial charge >= 0.3 is 0 Å². The van der Waals surface area contributed by atoms with Crippen LogP contribution in [0, 0.1) is 0 Å². The monoisotopic (exact) mass is 341 g/mol. The van der Waals surface area contributed by atoms with Crippen molar-refractivity contribution in [1.82, 2.24) is 4.90 Å². The SMILES string of the molecule is CC[C@@]1(c2cccc(-c3cccc(Cl)c3)c2)CC(=O)N(C)C(N)=N1. The molecule has 0 aromatic heterocycles. The molecular formula is C19H20ClN3O. The van der Waals surface area contributed by atoms with E-state index in [4.69, 9.17) is 17.3 Å². The molecule has 24 heavy (non-hydrogen) atoms. The van der Waals surface area contributed by atoms with Crippen molar-refractivity contribution in [3.05, 3.63) is 59.1 Å². The summed E-state index contributed by atoms with van der Waals surface area (Å²) in [7, 11) is 1.66. The van der Waals surface area contributed by atoms with E-state index in [9.17, 15) is 4.79 Å². The van der Waals surface area contributed by atoms with Crippen molar-refractivity contribution in [3.63, 3.8) is 0 Å². The Morgan fingerprint density at radius 2 is 1.88 bits per heavy atom. The predicted octanol–water partition coefficient (Wildman–Crippen LogP) is 3.79. The number of nitrogens with zero attached hydrogens (tertiary/aromatic N) is 2.